The molecular weight excluding hydrogens is 315 g/mol. The maximum atomic E-state index is 10.5. The Balaban J connectivity index is 2.25. The van der Waals surface area contributed by atoms with E-state index in [2.05, 4.69) is 40.8 Å². The molecule has 1 aromatic carbocycles. The quantitative estimate of drug-likeness (QED) is 0.470. The number of ether oxygens (including phenoxy) is 1. The predicted molar refractivity (Wildman–Crippen MR) is 73.3 cm³/mol. The van der Waals surface area contributed by atoms with Gasteiger partial charge < -0.3 is 4.74 Å². The number of esters is 1. The van der Waals surface area contributed by atoms with Gasteiger partial charge in [0.25, 0.3) is 0 Å². The molecule has 16 heavy (non-hydrogen) atoms. The van der Waals surface area contributed by atoms with Crippen molar-refractivity contribution in [3.8, 4) is 0 Å². The molecule has 0 N–H and O–H groups in total. The average Bonchev–Trinajstić information content (AvgIpc) is 2.25. The second kappa shape index (κ2) is 7.44. The van der Waals surface area contributed by atoms with Gasteiger partial charge in [0, 0.05) is 10.5 Å². The number of rotatable bonds is 5. The third kappa shape index (κ3) is 5.30. The zero-order chi connectivity index (χ0) is 11.8. The molecule has 86 valence electrons. The molecule has 0 bridgehead atoms. The van der Waals surface area contributed by atoms with Gasteiger partial charge in [0.1, 0.15) is 6.61 Å². The van der Waals surface area contributed by atoms with Gasteiger partial charge >= 0.3 is 5.97 Å². The molecule has 0 aromatic heterocycles. The Kier molecular flexibility index (Phi) is 6.15. The highest BCUT2D eigenvalue weighted by atomic mass is 127. The Bertz CT molecular complexity index is 372. The molecule has 0 spiro atoms. The van der Waals surface area contributed by atoms with E-state index in [0.717, 1.165) is 12.8 Å². The third-order valence-corrected chi connectivity index (χ3v) is 3.14. The molecule has 0 aliphatic rings. The van der Waals surface area contributed by atoms with Crippen molar-refractivity contribution in [3.05, 3.63) is 45.6 Å². The molecular formula is C13H15IO2. The van der Waals surface area contributed by atoms with Crippen molar-refractivity contribution in [2.24, 2.45) is 0 Å². The fraction of sp³-hybridized carbons (Fsp3) is 0.308. The van der Waals surface area contributed by atoms with Gasteiger partial charge in [-0.05, 0) is 47.1 Å². The van der Waals surface area contributed by atoms with Crippen molar-refractivity contribution >= 4 is 28.6 Å². The minimum atomic E-state index is -0.234. The number of aryl methyl sites for hydroxylation is 1. The van der Waals surface area contributed by atoms with Crippen LogP contribution in [0, 0.1) is 3.57 Å². The van der Waals surface area contributed by atoms with E-state index in [1.165, 1.54) is 16.1 Å². The molecule has 0 unspecified atom stereocenters. The first-order valence-electron chi connectivity index (χ1n) is 5.22. The van der Waals surface area contributed by atoms with E-state index in [-0.39, 0.29) is 5.97 Å². The molecule has 2 nitrogen and oxygen atoms in total. The van der Waals surface area contributed by atoms with E-state index < -0.39 is 0 Å². The van der Waals surface area contributed by atoms with Crippen molar-refractivity contribution in [1.29, 1.82) is 0 Å². The Morgan fingerprint density at radius 2 is 2.12 bits per heavy atom. The Morgan fingerprint density at radius 3 is 2.81 bits per heavy atom. The summed E-state index contributed by atoms with van der Waals surface area (Å²) in [6.07, 6.45) is 5.93. The lowest BCUT2D eigenvalue weighted by Gasteiger charge is -2.01. The second-order valence-corrected chi connectivity index (χ2v) is 4.57. The van der Waals surface area contributed by atoms with Crippen molar-refractivity contribution in [2.45, 2.75) is 19.8 Å². The van der Waals surface area contributed by atoms with Gasteiger partial charge in [0.2, 0.25) is 0 Å². The van der Waals surface area contributed by atoms with Crippen LogP contribution in [0.2, 0.25) is 0 Å². The van der Waals surface area contributed by atoms with Crippen molar-refractivity contribution in [1.82, 2.24) is 0 Å². The number of benzene rings is 1. The SMILES string of the molecule is CC(=O)OCC=CCCc1ccccc1I. The van der Waals surface area contributed by atoms with Crippen molar-refractivity contribution in [2.75, 3.05) is 6.61 Å². The summed E-state index contributed by atoms with van der Waals surface area (Å²) in [4.78, 5) is 10.5. The summed E-state index contributed by atoms with van der Waals surface area (Å²) < 4.78 is 6.09. The molecule has 1 aromatic rings. The zero-order valence-electron chi connectivity index (χ0n) is 9.28. The van der Waals surface area contributed by atoms with Gasteiger partial charge in [-0.15, -0.1) is 0 Å². The summed E-state index contributed by atoms with van der Waals surface area (Å²) in [5.74, 6) is -0.234. The van der Waals surface area contributed by atoms with Crippen molar-refractivity contribution < 1.29 is 9.53 Å². The summed E-state index contributed by atoms with van der Waals surface area (Å²) in [6, 6.07) is 8.35. The smallest absolute Gasteiger partial charge is 0.302 e. The molecule has 0 aliphatic heterocycles. The number of hydrogen-bond acceptors (Lipinski definition) is 2. The summed E-state index contributed by atoms with van der Waals surface area (Å²) in [5.41, 5.74) is 1.36. The molecule has 0 radical (unpaired) electrons. The molecule has 0 saturated carbocycles. The lowest BCUT2D eigenvalue weighted by molar-refractivity contribution is -0.139. The summed E-state index contributed by atoms with van der Waals surface area (Å²) in [7, 11) is 0. The van der Waals surface area contributed by atoms with Gasteiger partial charge in [-0.1, -0.05) is 30.4 Å². The fourth-order valence-electron chi connectivity index (χ4n) is 1.29. The van der Waals surface area contributed by atoms with E-state index in [1.54, 1.807) is 0 Å². The van der Waals surface area contributed by atoms with Crippen LogP contribution in [0.25, 0.3) is 0 Å². The van der Waals surface area contributed by atoms with E-state index in [1.807, 2.05) is 18.2 Å². The summed E-state index contributed by atoms with van der Waals surface area (Å²) in [6.45, 7) is 1.79. The molecule has 0 aliphatic carbocycles. The van der Waals surface area contributed by atoms with E-state index in [4.69, 9.17) is 4.74 Å². The highest BCUT2D eigenvalue weighted by Gasteiger charge is 1.95. The molecule has 0 amide bonds. The fourth-order valence-corrected chi connectivity index (χ4v) is 1.95. The van der Waals surface area contributed by atoms with Gasteiger partial charge in [-0.25, -0.2) is 0 Å². The minimum absolute atomic E-state index is 0.234. The van der Waals surface area contributed by atoms with Crippen LogP contribution in [-0.2, 0) is 16.0 Å². The van der Waals surface area contributed by atoms with Gasteiger partial charge in [-0.2, -0.15) is 0 Å². The number of allylic oxidation sites excluding steroid dienone is 1. The largest absolute Gasteiger partial charge is 0.462 e. The predicted octanol–water partition coefficient (Wildman–Crippen LogP) is 3.34. The Labute approximate surface area is 110 Å². The van der Waals surface area contributed by atoms with E-state index >= 15 is 0 Å². The number of hydrogen-bond donors (Lipinski definition) is 0. The van der Waals surface area contributed by atoms with Crippen LogP contribution < -0.4 is 0 Å². The number of carbonyl (C=O) groups excluding carboxylic acids is 1. The van der Waals surface area contributed by atoms with Gasteiger partial charge in [-0.3, -0.25) is 4.79 Å². The van der Waals surface area contributed by atoms with Gasteiger partial charge in [0.05, 0.1) is 0 Å². The first kappa shape index (κ1) is 13.2. The first-order chi connectivity index (χ1) is 7.70. The van der Waals surface area contributed by atoms with Crippen LogP contribution in [-0.4, -0.2) is 12.6 Å². The zero-order valence-corrected chi connectivity index (χ0v) is 11.4. The highest BCUT2D eigenvalue weighted by molar-refractivity contribution is 14.1. The Hall–Kier alpha value is -0.840. The van der Waals surface area contributed by atoms with E-state index in [0.29, 0.717) is 6.61 Å². The van der Waals surface area contributed by atoms with Crippen LogP contribution in [0.1, 0.15) is 18.9 Å². The normalized spacial score (nSPS) is 10.6. The third-order valence-electron chi connectivity index (χ3n) is 2.09. The maximum Gasteiger partial charge on any atom is 0.302 e. The summed E-state index contributed by atoms with van der Waals surface area (Å²) in [5, 5.41) is 0. The molecule has 0 atom stereocenters. The Morgan fingerprint density at radius 1 is 1.38 bits per heavy atom. The van der Waals surface area contributed by atoms with Crippen LogP contribution in [0.3, 0.4) is 0 Å². The van der Waals surface area contributed by atoms with Crippen LogP contribution in [0.5, 0.6) is 0 Å². The van der Waals surface area contributed by atoms with Crippen LogP contribution in [0.4, 0.5) is 0 Å². The maximum absolute atomic E-state index is 10.5. The van der Waals surface area contributed by atoms with Crippen molar-refractivity contribution in [3.63, 3.8) is 0 Å². The average molecular weight is 330 g/mol. The minimum Gasteiger partial charge on any atom is -0.462 e. The second-order valence-electron chi connectivity index (χ2n) is 3.40. The first-order valence-corrected chi connectivity index (χ1v) is 6.30. The number of halogens is 1. The standard InChI is InChI=1S/C13H15IO2/c1-11(15)16-10-6-2-3-7-12-8-4-5-9-13(12)14/h2,4-6,8-9H,3,7,10H2,1H3. The van der Waals surface area contributed by atoms with Crippen LogP contribution in [0.15, 0.2) is 36.4 Å². The number of carbonyl (C=O) groups is 1. The molecule has 0 fully saturated rings. The molecule has 3 heteroatoms. The molecule has 0 saturated heterocycles. The monoisotopic (exact) mass is 330 g/mol. The van der Waals surface area contributed by atoms with Gasteiger partial charge in [0.15, 0.2) is 0 Å². The highest BCUT2D eigenvalue weighted by Crippen LogP contribution is 2.13. The van der Waals surface area contributed by atoms with Crippen LogP contribution >= 0.6 is 22.6 Å². The molecule has 1 rings (SSSR count). The molecule has 0 heterocycles. The lowest BCUT2D eigenvalue weighted by Crippen LogP contribution is -1.97. The topological polar surface area (TPSA) is 26.3 Å². The van der Waals surface area contributed by atoms with E-state index in [9.17, 15) is 4.79 Å². The lowest BCUT2D eigenvalue weighted by atomic mass is 10.1. The summed E-state index contributed by atoms with van der Waals surface area (Å²) >= 11 is 2.34.